The molecular formula is C21H26N2O6. The molecule has 156 valence electrons. The molecule has 0 aliphatic carbocycles. The van der Waals surface area contributed by atoms with Crippen LogP contribution in [0.1, 0.15) is 24.8 Å². The number of hydrogen-bond donors (Lipinski definition) is 3. The van der Waals surface area contributed by atoms with Gasteiger partial charge in [-0.05, 0) is 54.8 Å². The Balaban J connectivity index is 1.52. The van der Waals surface area contributed by atoms with Gasteiger partial charge in [-0.1, -0.05) is 12.1 Å². The molecule has 0 aromatic heterocycles. The smallest absolute Gasteiger partial charge is 0.222 e. The molecule has 0 bridgehead atoms. The van der Waals surface area contributed by atoms with Crippen molar-refractivity contribution in [2.75, 3.05) is 20.4 Å². The normalized spacial score (nSPS) is 10.1. The number of rotatable bonds is 12. The Hall–Kier alpha value is -3.26. The van der Waals surface area contributed by atoms with E-state index in [9.17, 15) is 9.59 Å². The van der Waals surface area contributed by atoms with Gasteiger partial charge in [0.1, 0.15) is 11.5 Å². The first-order valence-corrected chi connectivity index (χ1v) is 9.31. The Kier molecular flexibility index (Phi) is 9.31. The fourth-order valence-corrected chi connectivity index (χ4v) is 2.52. The average Bonchev–Trinajstić information content (AvgIpc) is 2.75. The third kappa shape index (κ3) is 8.52. The van der Waals surface area contributed by atoms with E-state index < -0.39 is 0 Å². The van der Waals surface area contributed by atoms with Crippen molar-refractivity contribution in [3.8, 4) is 17.2 Å². The number of methoxy groups -OCH3 is 1. The van der Waals surface area contributed by atoms with Gasteiger partial charge in [-0.2, -0.15) is 0 Å². The van der Waals surface area contributed by atoms with Gasteiger partial charge in [-0.15, -0.1) is 0 Å². The van der Waals surface area contributed by atoms with Gasteiger partial charge in [0.05, 0.1) is 7.11 Å². The quantitative estimate of drug-likeness (QED) is 0.286. The summed E-state index contributed by atoms with van der Waals surface area (Å²) >= 11 is 0. The number of hydrogen-bond acceptors (Lipinski definition) is 6. The molecule has 2 aromatic rings. The van der Waals surface area contributed by atoms with Gasteiger partial charge < -0.3 is 25.0 Å². The van der Waals surface area contributed by atoms with E-state index in [2.05, 4.69) is 15.5 Å². The lowest BCUT2D eigenvalue weighted by Crippen LogP contribution is -2.28. The van der Waals surface area contributed by atoms with E-state index >= 15 is 0 Å². The summed E-state index contributed by atoms with van der Waals surface area (Å²) in [5, 5.41) is 14.0. The molecule has 0 unspecified atom stereocenters. The number of nitrogens with one attached hydrogen (secondary N) is 2. The maximum absolute atomic E-state index is 11.9. The third-order valence-corrected chi connectivity index (χ3v) is 4.14. The van der Waals surface area contributed by atoms with Gasteiger partial charge in [0.2, 0.25) is 11.8 Å². The van der Waals surface area contributed by atoms with Crippen molar-refractivity contribution in [3.63, 3.8) is 0 Å². The van der Waals surface area contributed by atoms with E-state index in [0.717, 1.165) is 17.7 Å². The number of ether oxygens (including phenoxy) is 2. The standard InChI is InChI=1S/C21H26N2O6/c1-27-17-7-5-16(6-8-17)13-14-22-20(24)3-2-4-21(25)23-15-28-18-9-11-19(29-26)12-10-18/h5-12,26H,2-4,13-15H2,1H3,(H,22,24)(H,23,25). The van der Waals surface area contributed by atoms with Crippen molar-refractivity contribution in [2.45, 2.75) is 25.7 Å². The molecule has 2 rings (SSSR count). The zero-order valence-corrected chi connectivity index (χ0v) is 16.3. The highest BCUT2D eigenvalue weighted by atomic mass is 17.1. The van der Waals surface area contributed by atoms with Crippen LogP contribution in [0, 0.1) is 0 Å². The Morgan fingerprint density at radius 1 is 0.862 bits per heavy atom. The monoisotopic (exact) mass is 402 g/mol. The Morgan fingerprint density at radius 2 is 1.45 bits per heavy atom. The number of carbonyl (C=O) groups excluding carboxylic acids is 2. The van der Waals surface area contributed by atoms with Crippen LogP contribution < -0.4 is 25.0 Å². The zero-order chi connectivity index (χ0) is 20.9. The van der Waals surface area contributed by atoms with Crippen molar-refractivity contribution in [2.24, 2.45) is 0 Å². The van der Waals surface area contributed by atoms with Crippen LogP contribution in [0.5, 0.6) is 17.2 Å². The van der Waals surface area contributed by atoms with Gasteiger partial charge in [0.15, 0.2) is 12.5 Å². The highest BCUT2D eigenvalue weighted by molar-refractivity contribution is 5.78. The SMILES string of the molecule is COc1ccc(CCNC(=O)CCCC(=O)NCOc2ccc(OO)cc2)cc1. The molecule has 0 fully saturated rings. The molecule has 0 radical (unpaired) electrons. The molecule has 3 N–H and O–H groups in total. The molecule has 8 nitrogen and oxygen atoms in total. The summed E-state index contributed by atoms with van der Waals surface area (Å²) in [6, 6.07) is 14.0. The van der Waals surface area contributed by atoms with Gasteiger partial charge in [-0.25, -0.2) is 5.26 Å². The van der Waals surface area contributed by atoms with Gasteiger partial charge in [-0.3, -0.25) is 9.59 Å². The van der Waals surface area contributed by atoms with E-state index in [1.54, 1.807) is 19.2 Å². The molecule has 0 atom stereocenters. The van der Waals surface area contributed by atoms with E-state index in [4.69, 9.17) is 14.7 Å². The minimum Gasteiger partial charge on any atom is -0.497 e. The molecule has 0 saturated heterocycles. The van der Waals surface area contributed by atoms with Crippen LogP contribution in [0.15, 0.2) is 48.5 Å². The van der Waals surface area contributed by atoms with Gasteiger partial charge in [0.25, 0.3) is 0 Å². The van der Waals surface area contributed by atoms with E-state index in [1.807, 2.05) is 24.3 Å². The first-order valence-electron chi connectivity index (χ1n) is 9.31. The van der Waals surface area contributed by atoms with Crippen LogP contribution >= 0.6 is 0 Å². The number of benzene rings is 2. The van der Waals surface area contributed by atoms with Crippen molar-refractivity contribution in [1.82, 2.24) is 10.6 Å². The van der Waals surface area contributed by atoms with E-state index in [1.165, 1.54) is 12.1 Å². The summed E-state index contributed by atoms with van der Waals surface area (Å²) in [4.78, 5) is 27.7. The molecule has 8 heteroatoms. The lowest BCUT2D eigenvalue weighted by Gasteiger charge is -2.09. The Bertz CT molecular complexity index is 696. The van der Waals surface area contributed by atoms with Crippen LogP contribution in [0.3, 0.4) is 0 Å². The molecular weight excluding hydrogens is 376 g/mol. The predicted molar refractivity (Wildman–Crippen MR) is 107 cm³/mol. The largest absolute Gasteiger partial charge is 0.497 e. The second kappa shape index (κ2) is 12.2. The fraction of sp³-hybridized carbons (Fsp3) is 0.333. The van der Waals surface area contributed by atoms with Crippen LogP contribution in [0.2, 0.25) is 0 Å². The molecule has 0 heterocycles. The second-order valence-electron chi connectivity index (χ2n) is 6.25. The highest BCUT2D eigenvalue weighted by Crippen LogP contribution is 2.16. The van der Waals surface area contributed by atoms with Gasteiger partial charge in [0, 0.05) is 19.4 Å². The van der Waals surface area contributed by atoms with Crippen LogP contribution in [-0.2, 0) is 16.0 Å². The topological polar surface area (TPSA) is 106 Å². The maximum Gasteiger partial charge on any atom is 0.222 e. The van der Waals surface area contributed by atoms with Gasteiger partial charge >= 0.3 is 0 Å². The first kappa shape index (κ1) is 22.0. The Morgan fingerprint density at radius 3 is 2.07 bits per heavy atom. The summed E-state index contributed by atoms with van der Waals surface area (Å²) < 4.78 is 10.5. The first-order chi connectivity index (χ1) is 14.1. The predicted octanol–water partition coefficient (Wildman–Crippen LogP) is 2.53. The van der Waals surface area contributed by atoms with Crippen LogP contribution in [0.25, 0.3) is 0 Å². The second-order valence-corrected chi connectivity index (χ2v) is 6.25. The highest BCUT2D eigenvalue weighted by Gasteiger charge is 2.05. The van der Waals surface area contributed by atoms with E-state index in [-0.39, 0.29) is 25.0 Å². The summed E-state index contributed by atoms with van der Waals surface area (Å²) in [5.41, 5.74) is 1.11. The van der Waals surface area contributed by atoms with Crippen molar-refractivity contribution in [1.29, 1.82) is 0 Å². The summed E-state index contributed by atoms with van der Waals surface area (Å²) in [6.07, 6.45) is 1.73. The summed E-state index contributed by atoms with van der Waals surface area (Å²) in [6.45, 7) is 0.567. The van der Waals surface area contributed by atoms with Crippen molar-refractivity contribution >= 4 is 11.8 Å². The molecule has 0 aliphatic heterocycles. The molecule has 0 aliphatic rings. The third-order valence-electron chi connectivity index (χ3n) is 4.14. The lowest BCUT2D eigenvalue weighted by atomic mass is 10.1. The molecule has 29 heavy (non-hydrogen) atoms. The van der Waals surface area contributed by atoms with Crippen molar-refractivity contribution in [3.05, 3.63) is 54.1 Å². The molecule has 0 spiro atoms. The van der Waals surface area contributed by atoms with E-state index in [0.29, 0.717) is 30.9 Å². The molecule has 2 amide bonds. The summed E-state index contributed by atoms with van der Waals surface area (Å²) in [5.74, 6) is 1.36. The maximum atomic E-state index is 11.9. The van der Waals surface area contributed by atoms with Crippen molar-refractivity contribution < 1.29 is 29.2 Å². The minimum absolute atomic E-state index is 0.0201. The molecule has 0 saturated carbocycles. The summed E-state index contributed by atoms with van der Waals surface area (Å²) in [7, 11) is 1.62. The van der Waals surface area contributed by atoms with Crippen LogP contribution in [0.4, 0.5) is 0 Å². The lowest BCUT2D eigenvalue weighted by molar-refractivity contribution is -0.137. The average molecular weight is 402 g/mol. The zero-order valence-electron chi connectivity index (χ0n) is 16.3. The van der Waals surface area contributed by atoms with Crippen LogP contribution in [-0.4, -0.2) is 37.5 Å². The molecule has 2 aromatic carbocycles. The number of amides is 2. The Labute approximate surface area is 169 Å². The fourth-order valence-electron chi connectivity index (χ4n) is 2.52. The number of carbonyl (C=O) groups is 2. The minimum atomic E-state index is -0.189.